The number of hydrogen-bond acceptors (Lipinski definition) is 4. The molecule has 116 valence electrons. The van der Waals surface area contributed by atoms with Gasteiger partial charge in [0.05, 0.1) is 11.4 Å². The summed E-state index contributed by atoms with van der Waals surface area (Å²) in [4.78, 5) is 2.45. The van der Waals surface area contributed by atoms with Crippen LogP contribution >= 0.6 is 0 Å². The van der Waals surface area contributed by atoms with Crippen LogP contribution in [0.3, 0.4) is 0 Å². The minimum Gasteiger partial charge on any atom is -0.372 e. The van der Waals surface area contributed by atoms with Crippen molar-refractivity contribution in [3.8, 4) is 5.69 Å². The molecule has 0 unspecified atom stereocenters. The highest BCUT2D eigenvalue weighted by Gasteiger charge is 2.27. The number of hydrogen-bond donors (Lipinski definition) is 1. The quantitative estimate of drug-likeness (QED) is 0.942. The summed E-state index contributed by atoms with van der Waals surface area (Å²) < 4.78 is 2.00. The van der Waals surface area contributed by atoms with Gasteiger partial charge in [0, 0.05) is 31.2 Å². The van der Waals surface area contributed by atoms with Gasteiger partial charge in [0.1, 0.15) is 5.69 Å². The Labute approximate surface area is 131 Å². The number of anilines is 1. The van der Waals surface area contributed by atoms with Crippen LogP contribution in [0.2, 0.25) is 0 Å². The van der Waals surface area contributed by atoms with Gasteiger partial charge < -0.3 is 10.6 Å². The Morgan fingerprint density at radius 3 is 2.27 bits per heavy atom. The third-order valence-electron chi connectivity index (χ3n) is 5.03. The lowest BCUT2D eigenvalue weighted by atomic mass is 9.82. The van der Waals surface area contributed by atoms with Crippen molar-refractivity contribution in [3.63, 3.8) is 0 Å². The highest BCUT2D eigenvalue weighted by atomic mass is 15.4. The fourth-order valence-corrected chi connectivity index (χ4v) is 3.53. The van der Waals surface area contributed by atoms with Crippen molar-refractivity contribution in [2.24, 2.45) is 5.73 Å². The predicted molar refractivity (Wildman–Crippen MR) is 87.3 cm³/mol. The zero-order valence-electron chi connectivity index (χ0n) is 12.9. The minimum atomic E-state index is 0.470. The molecule has 22 heavy (non-hydrogen) atoms. The Balaban J connectivity index is 1.65. The van der Waals surface area contributed by atoms with Crippen molar-refractivity contribution in [2.45, 2.75) is 44.6 Å². The zero-order valence-corrected chi connectivity index (χ0v) is 12.9. The van der Waals surface area contributed by atoms with Crippen molar-refractivity contribution >= 4 is 5.69 Å². The van der Waals surface area contributed by atoms with Gasteiger partial charge in [0.25, 0.3) is 0 Å². The van der Waals surface area contributed by atoms with E-state index in [-0.39, 0.29) is 0 Å². The maximum Gasteiger partial charge on any atom is 0.100 e. The molecule has 0 bridgehead atoms. The van der Waals surface area contributed by atoms with E-state index in [0.29, 0.717) is 12.5 Å². The first-order valence-electron chi connectivity index (χ1n) is 8.37. The van der Waals surface area contributed by atoms with Gasteiger partial charge in [-0.15, -0.1) is 5.10 Å². The van der Waals surface area contributed by atoms with E-state index in [2.05, 4.69) is 39.5 Å². The van der Waals surface area contributed by atoms with Crippen LogP contribution in [0.1, 0.15) is 49.4 Å². The van der Waals surface area contributed by atoms with Gasteiger partial charge in [0.2, 0.25) is 0 Å². The van der Waals surface area contributed by atoms with E-state index in [1.807, 2.05) is 4.68 Å². The van der Waals surface area contributed by atoms with Gasteiger partial charge in [0.15, 0.2) is 0 Å². The predicted octanol–water partition coefficient (Wildman–Crippen LogP) is 2.59. The summed E-state index contributed by atoms with van der Waals surface area (Å²) in [5, 5.41) is 8.65. The summed E-state index contributed by atoms with van der Waals surface area (Å²) in [6, 6.07) is 8.72. The molecule has 0 spiro atoms. The van der Waals surface area contributed by atoms with Gasteiger partial charge in [-0.3, -0.25) is 0 Å². The van der Waals surface area contributed by atoms with E-state index in [1.165, 1.54) is 56.6 Å². The lowest BCUT2D eigenvalue weighted by Crippen LogP contribution is -2.18. The van der Waals surface area contributed by atoms with Crippen LogP contribution in [-0.4, -0.2) is 28.1 Å². The van der Waals surface area contributed by atoms with E-state index in [4.69, 9.17) is 5.73 Å². The first-order valence-corrected chi connectivity index (χ1v) is 8.37. The van der Waals surface area contributed by atoms with Crippen molar-refractivity contribution in [1.29, 1.82) is 0 Å². The van der Waals surface area contributed by atoms with Crippen LogP contribution in [0.5, 0.6) is 0 Å². The lowest BCUT2D eigenvalue weighted by Gasteiger charge is -2.26. The van der Waals surface area contributed by atoms with E-state index in [9.17, 15) is 0 Å². The van der Waals surface area contributed by atoms with Gasteiger partial charge in [-0.25, -0.2) is 4.68 Å². The lowest BCUT2D eigenvalue weighted by molar-refractivity contribution is 0.401. The average Bonchev–Trinajstić information content (AvgIpc) is 3.15. The Hall–Kier alpha value is -1.88. The summed E-state index contributed by atoms with van der Waals surface area (Å²) >= 11 is 0. The highest BCUT2D eigenvalue weighted by molar-refractivity contribution is 5.51. The molecule has 1 aliphatic carbocycles. The summed E-state index contributed by atoms with van der Waals surface area (Å²) in [5.74, 6) is 0.576. The molecule has 5 nitrogen and oxygen atoms in total. The first kappa shape index (κ1) is 13.8. The van der Waals surface area contributed by atoms with Crippen LogP contribution in [0, 0.1) is 0 Å². The topological polar surface area (TPSA) is 60.0 Å². The molecule has 1 aromatic carbocycles. The molecule has 0 amide bonds. The second-order valence-electron chi connectivity index (χ2n) is 6.38. The third kappa shape index (κ3) is 2.29. The number of benzene rings is 1. The van der Waals surface area contributed by atoms with Gasteiger partial charge in [-0.05, 0) is 49.9 Å². The molecule has 2 aromatic rings. The van der Waals surface area contributed by atoms with Crippen LogP contribution in [-0.2, 0) is 6.54 Å². The number of aromatic nitrogens is 3. The monoisotopic (exact) mass is 297 g/mol. The maximum absolute atomic E-state index is 5.84. The SMILES string of the molecule is NCc1nnn(-c2ccc(N3CCCC3)cc2)c1C1CCC1. The Bertz CT molecular complexity index is 636. The van der Waals surface area contributed by atoms with Crippen molar-refractivity contribution in [1.82, 2.24) is 15.0 Å². The molecule has 1 aromatic heterocycles. The molecule has 4 rings (SSSR count). The second kappa shape index (κ2) is 5.72. The van der Waals surface area contributed by atoms with E-state index >= 15 is 0 Å². The van der Waals surface area contributed by atoms with Crippen LogP contribution in [0.25, 0.3) is 5.69 Å². The third-order valence-corrected chi connectivity index (χ3v) is 5.03. The number of nitrogens with two attached hydrogens (primary N) is 1. The van der Waals surface area contributed by atoms with Crippen LogP contribution < -0.4 is 10.6 Å². The summed E-state index contributed by atoms with van der Waals surface area (Å²) in [6.07, 6.45) is 6.36. The fraction of sp³-hybridized carbons (Fsp3) is 0.529. The maximum atomic E-state index is 5.84. The Morgan fingerprint density at radius 1 is 1.00 bits per heavy atom. The molecule has 2 aliphatic rings. The number of nitrogens with zero attached hydrogens (tertiary/aromatic N) is 4. The van der Waals surface area contributed by atoms with Gasteiger partial charge in [-0.1, -0.05) is 11.6 Å². The Morgan fingerprint density at radius 2 is 1.68 bits per heavy atom. The highest BCUT2D eigenvalue weighted by Crippen LogP contribution is 2.38. The molecule has 1 saturated carbocycles. The van der Waals surface area contributed by atoms with Crippen molar-refractivity contribution < 1.29 is 0 Å². The number of rotatable bonds is 4. The molecule has 2 N–H and O–H groups in total. The molecule has 2 fully saturated rings. The fourth-order valence-electron chi connectivity index (χ4n) is 3.53. The molecule has 0 radical (unpaired) electrons. The van der Waals surface area contributed by atoms with Crippen molar-refractivity contribution in [2.75, 3.05) is 18.0 Å². The van der Waals surface area contributed by atoms with Gasteiger partial charge >= 0.3 is 0 Å². The molecule has 2 heterocycles. The van der Waals surface area contributed by atoms with Crippen LogP contribution in [0.15, 0.2) is 24.3 Å². The largest absolute Gasteiger partial charge is 0.372 e. The normalized spacial score (nSPS) is 18.7. The molecular formula is C17H23N5. The van der Waals surface area contributed by atoms with E-state index in [0.717, 1.165) is 11.4 Å². The smallest absolute Gasteiger partial charge is 0.100 e. The van der Waals surface area contributed by atoms with Crippen molar-refractivity contribution in [3.05, 3.63) is 35.7 Å². The average molecular weight is 297 g/mol. The van der Waals surface area contributed by atoms with E-state index < -0.39 is 0 Å². The molecular weight excluding hydrogens is 274 g/mol. The molecule has 5 heteroatoms. The molecule has 1 aliphatic heterocycles. The first-order chi connectivity index (χ1) is 10.9. The standard InChI is InChI=1S/C17H23N5/c18-12-16-17(13-4-3-5-13)22(20-19-16)15-8-6-14(7-9-15)21-10-1-2-11-21/h6-9,13H,1-5,10-12,18H2. The Kier molecular flexibility index (Phi) is 3.58. The van der Waals surface area contributed by atoms with Crippen LogP contribution in [0.4, 0.5) is 5.69 Å². The van der Waals surface area contributed by atoms with E-state index in [1.54, 1.807) is 0 Å². The van der Waals surface area contributed by atoms with Gasteiger partial charge in [-0.2, -0.15) is 0 Å². The summed E-state index contributed by atoms with van der Waals surface area (Å²) in [7, 11) is 0. The minimum absolute atomic E-state index is 0.470. The molecule has 0 atom stereocenters. The zero-order chi connectivity index (χ0) is 14.9. The second-order valence-corrected chi connectivity index (χ2v) is 6.38. The summed E-state index contributed by atoms with van der Waals surface area (Å²) in [5.41, 5.74) is 10.4. The summed E-state index contributed by atoms with van der Waals surface area (Å²) in [6.45, 7) is 2.82. The molecule has 1 saturated heterocycles.